The summed E-state index contributed by atoms with van der Waals surface area (Å²) in [5.41, 5.74) is 0.159. The molecule has 0 unspecified atom stereocenters. The van der Waals surface area contributed by atoms with E-state index in [0.717, 1.165) is 0 Å². The van der Waals surface area contributed by atoms with Crippen LogP contribution in [-0.2, 0) is 16.1 Å². The maximum Gasteiger partial charge on any atom is 0.410 e. The van der Waals surface area contributed by atoms with Crippen LogP contribution in [0.1, 0.15) is 26.3 Å². The Balaban J connectivity index is 2.69. The van der Waals surface area contributed by atoms with Crippen molar-refractivity contribution < 1.29 is 19.1 Å². The molecule has 0 aliphatic heterocycles. The van der Waals surface area contributed by atoms with Crippen LogP contribution in [0.3, 0.4) is 0 Å². The zero-order valence-corrected chi connectivity index (χ0v) is 12.8. The second-order valence-electron chi connectivity index (χ2n) is 4.91. The number of carbonyl (C=O) groups excluding carboxylic acids is 2. The van der Waals surface area contributed by atoms with E-state index in [0.29, 0.717) is 22.1 Å². The molecule has 1 amide bonds. The quantitative estimate of drug-likeness (QED) is 0.801. The van der Waals surface area contributed by atoms with E-state index in [2.05, 4.69) is 0 Å². The Kier molecular flexibility index (Phi) is 5.20. The van der Waals surface area contributed by atoms with Gasteiger partial charge in [0.25, 0.3) is 6.47 Å². The van der Waals surface area contributed by atoms with Crippen molar-refractivity contribution in [2.24, 2.45) is 0 Å². The summed E-state index contributed by atoms with van der Waals surface area (Å²) < 4.78 is 9.94. The van der Waals surface area contributed by atoms with E-state index < -0.39 is 11.7 Å². The number of rotatable bonds is 4. The summed E-state index contributed by atoms with van der Waals surface area (Å²) in [6.45, 7) is 6.00. The van der Waals surface area contributed by atoms with Crippen LogP contribution in [0.5, 0.6) is 5.06 Å². The van der Waals surface area contributed by atoms with Gasteiger partial charge < -0.3 is 14.4 Å². The lowest BCUT2D eigenvalue weighted by atomic mass is 10.2. The van der Waals surface area contributed by atoms with Crippen molar-refractivity contribution in [2.75, 3.05) is 7.05 Å². The molecule has 5 nitrogen and oxygen atoms in total. The molecular formula is C12H16ClNO4S. The number of thiophene rings is 1. The third-order valence-corrected chi connectivity index (χ3v) is 3.48. The summed E-state index contributed by atoms with van der Waals surface area (Å²) >= 11 is 7.24. The molecule has 1 heterocycles. The maximum atomic E-state index is 11.8. The van der Waals surface area contributed by atoms with E-state index in [1.165, 1.54) is 16.2 Å². The molecule has 1 aromatic heterocycles. The first-order valence-electron chi connectivity index (χ1n) is 5.55. The van der Waals surface area contributed by atoms with Crippen LogP contribution in [0, 0.1) is 0 Å². The van der Waals surface area contributed by atoms with Crippen molar-refractivity contribution in [2.45, 2.75) is 32.9 Å². The first-order chi connectivity index (χ1) is 8.74. The van der Waals surface area contributed by atoms with Crippen molar-refractivity contribution in [1.29, 1.82) is 0 Å². The van der Waals surface area contributed by atoms with Gasteiger partial charge in [-0.05, 0) is 20.8 Å². The van der Waals surface area contributed by atoms with Gasteiger partial charge in [0.05, 0.1) is 11.6 Å². The fourth-order valence-electron chi connectivity index (χ4n) is 1.25. The van der Waals surface area contributed by atoms with Crippen LogP contribution in [0.2, 0.25) is 5.02 Å². The molecule has 19 heavy (non-hydrogen) atoms. The molecule has 0 saturated heterocycles. The van der Waals surface area contributed by atoms with Gasteiger partial charge in [0, 0.05) is 18.0 Å². The highest BCUT2D eigenvalue weighted by Crippen LogP contribution is 2.35. The number of halogens is 1. The van der Waals surface area contributed by atoms with Gasteiger partial charge in [0.1, 0.15) is 5.60 Å². The van der Waals surface area contributed by atoms with Crippen LogP contribution in [0.4, 0.5) is 4.79 Å². The molecule has 0 aliphatic rings. The largest absolute Gasteiger partial charge is 0.444 e. The van der Waals surface area contributed by atoms with E-state index in [1.807, 2.05) is 0 Å². The minimum Gasteiger partial charge on any atom is -0.444 e. The monoisotopic (exact) mass is 305 g/mol. The molecule has 0 fully saturated rings. The highest BCUT2D eigenvalue weighted by molar-refractivity contribution is 7.12. The number of nitrogens with zero attached hydrogens (tertiary/aromatic N) is 1. The molecule has 0 aliphatic carbocycles. The van der Waals surface area contributed by atoms with Crippen LogP contribution in [0.25, 0.3) is 0 Å². The summed E-state index contributed by atoms with van der Waals surface area (Å²) in [5, 5.41) is 2.40. The van der Waals surface area contributed by atoms with Crippen molar-refractivity contribution in [3.8, 4) is 5.06 Å². The molecule has 0 aromatic carbocycles. The van der Waals surface area contributed by atoms with Crippen LogP contribution in [0.15, 0.2) is 5.38 Å². The van der Waals surface area contributed by atoms with E-state index in [-0.39, 0.29) is 6.54 Å². The zero-order chi connectivity index (χ0) is 14.6. The Morgan fingerprint density at radius 1 is 1.53 bits per heavy atom. The van der Waals surface area contributed by atoms with Crippen molar-refractivity contribution >= 4 is 35.5 Å². The number of hydrogen-bond acceptors (Lipinski definition) is 5. The molecule has 106 valence electrons. The van der Waals surface area contributed by atoms with E-state index >= 15 is 0 Å². The number of amides is 1. The molecule has 0 atom stereocenters. The van der Waals surface area contributed by atoms with Crippen LogP contribution < -0.4 is 4.74 Å². The Morgan fingerprint density at radius 3 is 2.68 bits per heavy atom. The Hall–Kier alpha value is -1.27. The van der Waals surface area contributed by atoms with Crippen LogP contribution >= 0.6 is 22.9 Å². The SMILES string of the molecule is CN(Cc1csc(OC=O)c1Cl)C(=O)OC(C)(C)C. The van der Waals surface area contributed by atoms with E-state index in [9.17, 15) is 9.59 Å². The third-order valence-electron chi connectivity index (χ3n) is 2.04. The fraction of sp³-hybridized carbons (Fsp3) is 0.500. The van der Waals surface area contributed by atoms with Crippen molar-refractivity contribution in [3.63, 3.8) is 0 Å². The van der Waals surface area contributed by atoms with Crippen LogP contribution in [-0.4, -0.2) is 30.1 Å². The Morgan fingerprint density at radius 2 is 2.16 bits per heavy atom. The molecule has 0 saturated carbocycles. The third kappa shape index (κ3) is 4.72. The topological polar surface area (TPSA) is 55.8 Å². The van der Waals surface area contributed by atoms with Gasteiger partial charge in [-0.3, -0.25) is 4.79 Å². The molecular weight excluding hydrogens is 290 g/mol. The highest BCUT2D eigenvalue weighted by Gasteiger charge is 2.21. The lowest BCUT2D eigenvalue weighted by Crippen LogP contribution is -2.33. The zero-order valence-electron chi connectivity index (χ0n) is 11.2. The summed E-state index contributed by atoms with van der Waals surface area (Å²) in [4.78, 5) is 23.5. The van der Waals surface area contributed by atoms with E-state index in [4.69, 9.17) is 21.1 Å². The minimum absolute atomic E-state index is 0.284. The predicted molar refractivity (Wildman–Crippen MR) is 73.7 cm³/mol. The van der Waals surface area contributed by atoms with Crippen molar-refractivity contribution in [3.05, 3.63) is 16.0 Å². The van der Waals surface area contributed by atoms with Crippen molar-refractivity contribution in [1.82, 2.24) is 4.90 Å². The minimum atomic E-state index is -0.546. The first-order valence-corrected chi connectivity index (χ1v) is 6.80. The maximum absolute atomic E-state index is 11.8. The summed E-state index contributed by atoms with van der Waals surface area (Å²) in [6.07, 6.45) is -0.437. The second-order valence-corrected chi connectivity index (χ2v) is 6.13. The molecule has 1 rings (SSSR count). The molecule has 7 heteroatoms. The van der Waals surface area contributed by atoms with Gasteiger partial charge in [-0.2, -0.15) is 0 Å². The average molecular weight is 306 g/mol. The lowest BCUT2D eigenvalue weighted by Gasteiger charge is -2.24. The van der Waals surface area contributed by atoms with E-state index in [1.54, 1.807) is 33.2 Å². The average Bonchev–Trinajstić information content (AvgIpc) is 2.60. The fourth-order valence-corrected chi connectivity index (χ4v) is 2.38. The first kappa shape index (κ1) is 15.8. The lowest BCUT2D eigenvalue weighted by molar-refractivity contribution is -0.120. The molecule has 0 spiro atoms. The molecule has 0 N–H and O–H groups in total. The normalized spacial score (nSPS) is 11.0. The van der Waals surface area contributed by atoms with Gasteiger partial charge in [0.15, 0.2) is 0 Å². The van der Waals surface area contributed by atoms with Gasteiger partial charge in [-0.15, -0.1) is 11.3 Å². The summed E-state index contributed by atoms with van der Waals surface area (Å²) in [5.74, 6) is 0. The smallest absolute Gasteiger partial charge is 0.410 e. The predicted octanol–water partition coefficient (Wildman–Crippen LogP) is 3.30. The molecule has 0 radical (unpaired) electrons. The van der Waals surface area contributed by atoms with Gasteiger partial charge in [0.2, 0.25) is 5.06 Å². The summed E-state index contributed by atoms with van der Waals surface area (Å²) in [6, 6.07) is 0. The second kappa shape index (κ2) is 6.25. The van der Waals surface area contributed by atoms with Gasteiger partial charge in [-0.1, -0.05) is 11.6 Å². The molecule has 0 bridgehead atoms. The molecule has 1 aromatic rings. The number of carbonyl (C=O) groups is 2. The number of ether oxygens (including phenoxy) is 2. The highest BCUT2D eigenvalue weighted by atomic mass is 35.5. The standard InChI is InChI=1S/C12H16ClNO4S/c1-12(2,3)18-11(16)14(4)5-8-6-19-10(9(8)13)17-7-15/h6-7H,5H2,1-4H3. The summed E-state index contributed by atoms with van der Waals surface area (Å²) in [7, 11) is 1.61. The van der Waals surface area contributed by atoms with Gasteiger partial charge in [-0.25, -0.2) is 4.79 Å². The Labute approximate surface area is 121 Å². The van der Waals surface area contributed by atoms with Gasteiger partial charge >= 0.3 is 6.09 Å². The number of hydrogen-bond donors (Lipinski definition) is 0. The Bertz CT molecular complexity index is 467.